The minimum absolute atomic E-state index is 0.374. The van der Waals surface area contributed by atoms with E-state index in [4.69, 9.17) is 5.73 Å². The van der Waals surface area contributed by atoms with Crippen LogP contribution in [0, 0.1) is 0 Å². The predicted molar refractivity (Wildman–Crippen MR) is 84.5 cm³/mol. The van der Waals surface area contributed by atoms with Crippen molar-refractivity contribution in [2.75, 3.05) is 19.5 Å². The fraction of sp³-hybridized carbons (Fsp3) is 0.200. The first kappa shape index (κ1) is 16.0. The van der Waals surface area contributed by atoms with Crippen molar-refractivity contribution in [1.29, 1.82) is 0 Å². The highest BCUT2D eigenvalue weighted by Crippen LogP contribution is 2.29. The number of aliphatic hydroxyl groups is 1. The normalized spacial score (nSPS) is 11.7. The van der Waals surface area contributed by atoms with Crippen molar-refractivity contribution in [3.05, 3.63) is 41.3 Å². The molecule has 1 heterocycles. The second-order valence-corrected chi connectivity index (χ2v) is 5.46. The van der Waals surface area contributed by atoms with Crippen LogP contribution in [-0.2, 0) is 9.53 Å². The third kappa shape index (κ3) is 3.44. The Balaban J connectivity index is 2.32. The number of thiophene rings is 1. The van der Waals surface area contributed by atoms with Crippen molar-refractivity contribution >= 4 is 28.9 Å². The number of methoxy groups -OCH3 is 1. The quantitative estimate of drug-likeness (QED) is 0.569. The number of ether oxygens (including phenoxy) is 1. The molecule has 0 fully saturated rings. The summed E-state index contributed by atoms with van der Waals surface area (Å²) in [6.45, 7) is -0.540. The van der Waals surface area contributed by atoms with Crippen LogP contribution in [-0.4, -0.2) is 36.7 Å². The fourth-order valence-electron chi connectivity index (χ4n) is 1.95. The number of aliphatic hydroxyl groups excluding tert-OH is 1. The molecule has 0 saturated heterocycles. The number of anilines is 1. The molecule has 0 aliphatic rings. The van der Waals surface area contributed by atoms with Gasteiger partial charge in [0.1, 0.15) is 0 Å². The zero-order valence-electron chi connectivity index (χ0n) is 11.9. The monoisotopic (exact) mass is 320 g/mol. The van der Waals surface area contributed by atoms with Gasteiger partial charge in [-0.2, -0.15) is 0 Å². The second-order valence-electron chi connectivity index (χ2n) is 4.51. The maximum atomic E-state index is 12.4. The number of hydrogen-bond donors (Lipinski definition) is 3. The Bertz CT molecular complexity index is 670. The van der Waals surface area contributed by atoms with Crippen molar-refractivity contribution in [3.63, 3.8) is 0 Å². The molecular formula is C15H16N2O4S. The van der Waals surface area contributed by atoms with Crippen LogP contribution in [0.2, 0.25) is 0 Å². The van der Waals surface area contributed by atoms with E-state index in [0.29, 0.717) is 16.8 Å². The summed E-state index contributed by atoms with van der Waals surface area (Å²) in [5, 5.41) is 13.5. The molecule has 0 saturated carbocycles. The van der Waals surface area contributed by atoms with E-state index < -0.39 is 24.5 Å². The molecule has 0 unspecified atom stereocenters. The van der Waals surface area contributed by atoms with E-state index in [2.05, 4.69) is 10.1 Å². The molecule has 22 heavy (non-hydrogen) atoms. The summed E-state index contributed by atoms with van der Waals surface area (Å²) in [6.07, 6.45) is 0. The number of hydrogen-bond acceptors (Lipinski definition) is 6. The number of amides is 1. The van der Waals surface area contributed by atoms with Crippen molar-refractivity contribution in [2.24, 2.45) is 0 Å². The molecule has 1 aromatic heterocycles. The average molecular weight is 320 g/mol. The van der Waals surface area contributed by atoms with Gasteiger partial charge in [-0.1, -0.05) is 6.07 Å². The molecule has 0 spiro atoms. The van der Waals surface area contributed by atoms with Crippen molar-refractivity contribution in [3.8, 4) is 10.4 Å². The number of carbonyl (C=O) groups excluding carboxylic acids is 2. The summed E-state index contributed by atoms with van der Waals surface area (Å²) in [7, 11) is 1.19. The molecule has 116 valence electrons. The lowest BCUT2D eigenvalue weighted by molar-refractivity contribution is -0.143. The largest absolute Gasteiger partial charge is 0.467 e. The van der Waals surface area contributed by atoms with Gasteiger partial charge in [0.2, 0.25) is 0 Å². The second kappa shape index (κ2) is 7.06. The zero-order valence-corrected chi connectivity index (χ0v) is 12.7. The Hall–Kier alpha value is -2.38. The number of nitrogen functional groups attached to an aromatic ring is 1. The molecule has 0 radical (unpaired) electrons. The molecule has 1 aromatic carbocycles. The molecule has 4 N–H and O–H groups in total. The lowest BCUT2D eigenvalue weighted by atomic mass is 10.0. The first-order valence-electron chi connectivity index (χ1n) is 6.49. The molecule has 6 nitrogen and oxygen atoms in total. The van der Waals surface area contributed by atoms with Gasteiger partial charge in [-0.3, -0.25) is 4.79 Å². The third-order valence-electron chi connectivity index (χ3n) is 3.05. The Kier molecular flexibility index (Phi) is 5.13. The van der Waals surface area contributed by atoms with E-state index in [-0.39, 0.29) is 0 Å². The molecule has 1 amide bonds. The standard InChI is InChI=1S/C15H16N2O4S/c1-21-15(20)12(8-18)17-14(19)10-5-4-9(16)7-11(10)13-3-2-6-22-13/h2-7,12,18H,8,16H2,1H3,(H,17,19)/t12-/m0/s1. The number of nitrogens with one attached hydrogen (secondary N) is 1. The van der Waals surface area contributed by atoms with Crippen molar-refractivity contribution < 1.29 is 19.4 Å². The number of rotatable bonds is 5. The van der Waals surface area contributed by atoms with Gasteiger partial charge >= 0.3 is 5.97 Å². The smallest absolute Gasteiger partial charge is 0.330 e. The summed E-state index contributed by atoms with van der Waals surface area (Å²) in [5.74, 6) is -1.18. The highest BCUT2D eigenvalue weighted by Gasteiger charge is 2.23. The maximum absolute atomic E-state index is 12.4. The summed E-state index contributed by atoms with van der Waals surface area (Å²) >= 11 is 1.48. The minimum atomic E-state index is -1.11. The molecule has 2 rings (SSSR count). The molecule has 7 heteroatoms. The topological polar surface area (TPSA) is 102 Å². The summed E-state index contributed by atoms with van der Waals surface area (Å²) in [5.41, 5.74) is 7.37. The van der Waals surface area contributed by atoms with E-state index in [1.165, 1.54) is 18.4 Å². The van der Waals surface area contributed by atoms with Crippen LogP contribution in [0.15, 0.2) is 35.7 Å². The zero-order chi connectivity index (χ0) is 16.1. The van der Waals surface area contributed by atoms with Gasteiger partial charge in [-0.05, 0) is 29.6 Å². The molecule has 0 aliphatic heterocycles. The van der Waals surface area contributed by atoms with Crippen LogP contribution in [0.4, 0.5) is 5.69 Å². The van der Waals surface area contributed by atoms with E-state index >= 15 is 0 Å². The van der Waals surface area contributed by atoms with E-state index in [1.807, 2.05) is 17.5 Å². The molecule has 0 aliphatic carbocycles. The fourth-order valence-corrected chi connectivity index (χ4v) is 2.71. The molecular weight excluding hydrogens is 304 g/mol. The van der Waals surface area contributed by atoms with Crippen LogP contribution in [0.25, 0.3) is 10.4 Å². The van der Waals surface area contributed by atoms with Gasteiger partial charge in [0.25, 0.3) is 5.91 Å². The highest BCUT2D eigenvalue weighted by molar-refractivity contribution is 7.13. The maximum Gasteiger partial charge on any atom is 0.330 e. The Morgan fingerprint density at radius 2 is 2.18 bits per heavy atom. The minimum Gasteiger partial charge on any atom is -0.467 e. The van der Waals surface area contributed by atoms with Gasteiger partial charge in [0.05, 0.1) is 13.7 Å². The van der Waals surface area contributed by atoms with Crippen LogP contribution in [0.5, 0.6) is 0 Å². The van der Waals surface area contributed by atoms with E-state index in [1.54, 1.807) is 18.2 Å². The highest BCUT2D eigenvalue weighted by atomic mass is 32.1. The Labute approximate surface area is 131 Å². The van der Waals surface area contributed by atoms with Crippen LogP contribution >= 0.6 is 11.3 Å². The Morgan fingerprint density at radius 1 is 1.41 bits per heavy atom. The molecule has 0 bridgehead atoms. The van der Waals surface area contributed by atoms with E-state index in [9.17, 15) is 14.7 Å². The van der Waals surface area contributed by atoms with Gasteiger partial charge in [0.15, 0.2) is 6.04 Å². The van der Waals surface area contributed by atoms with Gasteiger partial charge < -0.3 is 20.9 Å². The lowest BCUT2D eigenvalue weighted by Crippen LogP contribution is -2.44. The van der Waals surface area contributed by atoms with Crippen LogP contribution < -0.4 is 11.1 Å². The summed E-state index contributed by atoms with van der Waals surface area (Å²) in [4.78, 5) is 24.7. The number of carbonyl (C=O) groups is 2. The van der Waals surface area contributed by atoms with Gasteiger partial charge in [-0.25, -0.2) is 4.79 Å². The van der Waals surface area contributed by atoms with Crippen LogP contribution in [0.1, 0.15) is 10.4 Å². The van der Waals surface area contributed by atoms with Crippen LogP contribution in [0.3, 0.4) is 0 Å². The number of benzene rings is 1. The van der Waals surface area contributed by atoms with E-state index in [0.717, 1.165) is 4.88 Å². The van der Waals surface area contributed by atoms with Crippen molar-refractivity contribution in [1.82, 2.24) is 5.32 Å². The summed E-state index contributed by atoms with van der Waals surface area (Å²) < 4.78 is 4.53. The predicted octanol–water partition coefficient (Wildman–Crippen LogP) is 1.26. The first-order valence-corrected chi connectivity index (χ1v) is 7.37. The Morgan fingerprint density at radius 3 is 2.77 bits per heavy atom. The number of nitrogens with two attached hydrogens (primary N) is 1. The number of esters is 1. The SMILES string of the molecule is COC(=O)[C@H](CO)NC(=O)c1ccc(N)cc1-c1cccs1. The third-order valence-corrected chi connectivity index (χ3v) is 3.95. The van der Waals surface area contributed by atoms with Gasteiger partial charge in [0, 0.05) is 21.7 Å². The van der Waals surface area contributed by atoms with Crippen molar-refractivity contribution in [2.45, 2.75) is 6.04 Å². The summed E-state index contributed by atoms with van der Waals surface area (Å²) in [6, 6.07) is 7.54. The first-order chi connectivity index (χ1) is 10.6. The van der Waals surface area contributed by atoms with Gasteiger partial charge in [-0.15, -0.1) is 11.3 Å². The molecule has 1 atom stereocenters. The average Bonchev–Trinajstić information content (AvgIpc) is 3.05. The molecule has 2 aromatic rings. The lowest BCUT2D eigenvalue weighted by Gasteiger charge is -2.15.